The lowest BCUT2D eigenvalue weighted by Gasteiger charge is -2.29. The number of hydrogen-bond acceptors (Lipinski definition) is 7. The van der Waals surface area contributed by atoms with Gasteiger partial charge in [-0.1, -0.05) is 23.4 Å². The standard InChI is InChI=1S/C28H33N5O3/c1-18(2)33-17-21-15-19(9-10-24(21)30-33)27-29-26(31-36-27)23-8-6-7-20-16-32(13-11-22(20)23)14-12-25(34)35-28(3,4)5/h6-10,15,17-18H,11-14,16H2,1-5H3. The van der Waals surface area contributed by atoms with Crippen LogP contribution in [0.5, 0.6) is 0 Å². The van der Waals surface area contributed by atoms with E-state index in [-0.39, 0.29) is 5.97 Å². The predicted octanol–water partition coefficient (Wildman–Crippen LogP) is 5.42. The molecular formula is C28H33N5O3. The van der Waals surface area contributed by atoms with E-state index in [1.165, 1.54) is 11.1 Å². The zero-order valence-electron chi connectivity index (χ0n) is 21.6. The van der Waals surface area contributed by atoms with E-state index in [4.69, 9.17) is 14.2 Å². The van der Waals surface area contributed by atoms with Crippen LogP contribution < -0.4 is 0 Å². The molecule has 2 aromatic carbocycles. The van der Waals surface area contributed by atoms with Crippen LogP contribution >= 0.6 is 0 Å². The van der Waals surface area contributed by atoms with Crippen molar-refractivity contribution in [3.63, 3.8) is 0 Å². The maximum Gasteiger partial charge on any atom is 0.307 e. The van der Waals surface area contributed by atoms with Gasteiger partial charge in [-0.05, 0) is 70.4 Å². The molecule has 1 aliphatic rings. The normalized spacial score (nSPS) is 14.4. The Morgan fingerprint density at radius 3 is 2.81 bits per heavy atom. The van der Waals surface area contributed by atoms with Crippen molar-refractivity contribution in [1.82, 2.24) is 24.8 Å². The molecule has 1 aliphatic heterocycles. The molecule has 0 N–H and O–H groups in total. The van der Waals surface area contributed by atoms with E-state index in [2.05, 4.69) is 41.1 Å². The Hall–Kier alpha value is -3.52. The van der Waals surface area contributed by atoms with Crippen molar-refractivity contribution in [2.45, 2.75) is 65.6 Å². The van der Waals surface area contributed by atoms with Crippen LogP contribution in [0.4, 0.5) is 0 Å². The zero-order chi connectivity index (χ0) is 25.4. The van der Waals surface area contributed by atoms with E-state index >= 15 is 0 Å². The molecule has 5 rings (SSSR count). The lowest BCUT2D eigenvalue weighted by molar-refractivity contribution is -0.155. The number of esters is 1. The molecule has 0 bridgehead atoms. The van der Waals surface area contributed by atoms with Gasteiger partial charge < -0.3 is 9.26 Å². The summed E-state index contributed by atoms with van der Waals surface area (Å²) in [4.78, 5) is 19.2. The molecule has 2 aromatic heterocycles. The Balaban J connectivity index is 1.32. The molecule has 8 heteroatoms. The summed E-state index contributed by atoms with van der Waals surface area (Å²) in [5.41, 5.74) is 4.85. The summed E-state index contributed by atoms with van der Waals surface area (Å²) in [7, 11) is 0. The maximum atomic E-state index is 12.1. The molecule has 0 aliphatic carbocycles. The second-order valence-electron chi connectivity index (χ2n) is 10.7. The molecule has 4 aromatic rings. The number of fused-ring (bicyclic) bond motifs is 2. The third-order valence-electron chi connectivity index (χ3n) is 6.36. The van der Waals surface area contributed by atoms with E-state index < -0.39 is 5.60 Å². The first-order chi connectivity index (χ1) is 17.2. The van der Waals surface area contributed by atoms with E-state index in [0.29, 0.717) is 30.7 Å². The van der Waals surface area contributed by atoms with Gasteiger partial charge in [0.2, 0.25) is 5.82 Å². The first kappa shape index (κ1) is 24.2. The predicted molar refractivity (Wildman–Crippen MR) is 138 cm³/mol. The Morgan fingerprint density at radius 2 is 2.03 bits per heavy atom. The van der Waals surface area contributed by atoms with Crippen molar-refractivity contribution < 1.29 is 14.1 Å². The van der Waals surface area contributed by atoms with Crippen molar-refractivity contribution in [1.29, 1.82) is 0 Å². The molecule has 0 spiro atoms. The third-order valence-corrected chi connectivity index (χ3v) is 6.36. The quantitative estimate of drug-likeness (QED) is 0.336. The second-order valence-corrected chi connectivity index (χ2v) is 10.7. The summed E-state index contributed by atoms with van der Waals surface area (Å²) in [5, 5.41) is 9.97. The average molecular weight is 488 g/mol. The van der Waals surface area contributed by atoms with Crippen molar-refractivity contribution in [2.24, 2.45) is 0 Å². The molecule has 0 radical (unpaired) electrons. The van der Waals surface area contributed by atoms with Crippen LogP contribution in [0.15, 0.2) is 47.1 Å². The molecule has 3 heterocycles. The van der Waals surface area contributed by atoms with Gasteiger partial charge in [-0.2, -0.15) is 10.1 Å². The van der Waals surface area contributed by atoms with Gasteiger partial charge in [0.05, 0.1) is 11.9 Å². The Labute approximate surface area is 211 Å². The topological polar surface area (TPSA) is 86.3 Å². The van der Waals surface area contributed by atoms with Crippen molar-refractivity contribution >= 4 is 16.9 Å². The molecular weight excluding hydrogens is 454 g/mol. The second kappa shape index (κ2) is 9.50. The number of carbonyl (C=O) groups is 1. The van der Waals surface area contributed by atoms with E-state index in [0.717, 1.165) is 41.5 Å². The number of rotatable bonds is 6. The van der Waals surface area contributed by atoms with Crippen LogP contribution in [0, 0.1) is 0 Å². The molecule has 0 unspecified atom stereocenters. The summed E-state index contributed by atoms with van der Waals surface area (Å²) in [6, 6.07) is 12.5. The highest BCUT2D eigenvalue weighted by atomic mass is 16.6. The highest BCUT2D eigenvalue weighted by molar-refractivity contribution is 5.83. The van der Waals surface area contributed by atoms with E-state index in [9.17, 15) is 4.79 Å². The lowest BCUT2D eigenvalue weighted by atomic mass is 9.94. The van der Waals surface area contributed by atoms with Gasteiger partial charge in [-0.15, -0.1) is 0 Å². The van der Waals surface area contributed by atoms with Gasteiger partial charge in [0.1, 0.15) is 5.60 Å². The summed E-state index contributed by atoms with van der Waals surface area (Å²) >= 11 is 0. The minimum atomic E-state index is -0.453. The average Bonchev–Trinajstić information content (AvgIpc) is 3.48. The number of aromatic nitrogens is 4. The van der Waals surface area contributed by atoms with Gasteiger partial charge >= 0.3 is 5.97 Å². The summed E-state index contributed by atoms with van der Waals surface area (Å²) in [5.74, 6) is 0.940. The molecule has 0 atom stereocenters. The summed E-state index contributed by atoms with van der Waals surface area (Å²) in [6.07, 6.45) is 3.30. The number of hydrogen-bond donors (Lipinski definition) is 0. The first-order valence-electron chi connectivity index (χ1n) is 12.5. The molecule has 36 heavy (non-hydrogen) atoms. The molecule has 0 saturated heterocycles. The number of ether oxygens (including phenoxy) is 1. The third kappa shape index (κ3) is 5.18. The fourth-order valence-corrected chi connectivity index (χ4v) is 4.60. The lowest BCUT2D eigenvalue weighted by Crippen LogP contribution is -2.34. The maximum absolute atomic E-state index is 12.1. The van der Waals surface area contributed by atoms with Gasteiger partial charge in [-0.3, -0.25) is 14.4 Å². The van der Waals surface area contributed by atoms with Gasteiger partial charge in [0.25, 0.3) is 5.89 Å². The number of nitrogens with zero attached hydrogens (tertiary/aromatic N) is 5. The highest BCUT2D eigenvalue weighted by Gasteiger charge is 2.23. The number of carbonyl (C=O) groups excluding carboxylic acids is 1. The summed E-state index contributed by atoms with van der Waals surface area (Å²) in [6.45, 7) is 12.2. The highest BCUT2D eigenvalue weighted by Crippen LogP contribution is 2.31. The van der Waals surface area contributed by atoms with Crippen molar-refractivity contribution in [3.05, 3.63) is 53.7 Å². The minimum Gasteiger partial charge on any atom is -0.460 e. The Morgan fingerprint density at radius 1 is 1.19 bits per heavy atom. The molecule has 0 amide bonds. The minimum absolute atomic E-state index is 0.156. The SMILES string of the molecule is CC(C)n1cc2cc(-c3nc(-c4cccc5c4CCN(CCC(=O)OC(C)(C)C)C5)no3)ccc2n1. The smallest absolute Gasteiger partial charge is 0.307 e. The largest absolute Gasteiger partial charge is 0.460 e. The van der Waals surface area contributed by atoms with Crippen LogP contribution in [0.25, 0.3) is 33.7 Å². The fourth-order valence-electron chi connectivity index (χ4n) is 4.60. The number of benzene rings is 2. The molecule has 188 valence electrons. The van der Waals surface area contributed by atoms with Crippen LogP contribution in [0.1, 0.15) is 58.2 Å². The zero-order valence-corrected chi connectivity index (χ0v) is 21.6. The van der Waals surface area contributed by atoms with Gasteiger partial charge in [-0.25, -0.2) is 0 Å². The van der Waals surface area contributed by atoms with Crippen LogP contribution in [0.3, 0.4) is 0 Å². The van der Waals surface area contributed by atoms with E-state index in [1.54, 1.807) is 0 Å². The van der Waals surface area contributed by atoms with Crippen LogP contribution in [0.2, 0.25) is 0 Å². The van der Waals surface area contributed by atoms with Crippen molar-refractivity contribution in [3.8, 4) is 22.8 Å². The van der Waals surface area contributed by atoms with Crippen molar-refractivity contribution in [2.75, 3.05) is 13.1 Å². The van der Waals surface area contributed by atoms with Gasteiger partial charge in [0, 0.05) is 48.4 Å². The summed E-state index contributed by atoms with van der Waals surface area (Å²) < 4.78 is 13.1. The molecule has 0 fully saturated rings. The molecule has 0 saturated carbocycles. The monoisotopic (exact) mass is 487 g/mol. The van der Waals surface area contributed by atoms with E-state index in [1.807, 2.05) is 55.9 Å². The van der Waals surface area contributed by atoms with Crippen LogP contribution in [-0.2, 0) is 22.5 Å². The first-order valence-corrected chi connectivity index (χ1v) is 12.5. The molecule has 8 nitrogen and oxygen atoms in total. The Kier molecular flexibility index (Phi) is 6.38. The van der Waals surface area contributed by atoms with Crippen LogP contribution in [-0.4, -0.2) is 49.5 Å². The Bertz CT molecular complexity index is 1400. The van der Waals surface area contributed by atoms with Gasteiger partial charge in [0.15, 0.2) is 0 Å². The fraction of sp³-hybridized carbons (Fsp3) is 0.429.